The van der Waals surface area contributed by atoms with E-state index in [1.165, 1.54) is 57.8 Å². The molecular weight excluding hydrogens is 581 g/mol. The Kier molecular flexibility index (Phi) is 27.2. The molecule has 9 nitrogen and oxygen atoms in total. The van der Waals surface area contributed by atoms with Gasteiger partial charge in [0.25, 0.3) is 0 Å². The summed E-state index contributed by atoms with van der Waals surface area (Å²) in [4.78, 5) is 34.9. The second-order valence-electron chi connectivity index (χ2n) is 12.9. The van der Waals surface area contributed by atoms with Gasteiger partial charge in [0.05, 0.1) is 27.7 Å². The molecule has 0 bridgehead atoms. The number of hydrogen-bond acceptors (Lipinski definition) is 7. The summed E-state index contributed by atoms with van der Waals surface area (Å²) >= 11 is 0. The predicted molar refractivity (Wildman–Crippen MR) is 178 cm³/mol. The number of quaternary nitrogens is 1. The van der Waals surface area contributed by atoms with Crippen molar-refractivity contribution in [3.63, 3.8) is 0 Å². The van der Waals surface area contributed by atoms with Gasteiger partial charge in [0.2, 0.25) is 0 Å². The van der Waals surface area contributed by atoms with Gasteiger partial charge in [-0.05, 0) is 38.5 Å². The lowest BCUT2D eigenvalue weighted by atomic mass is 10.1. The summed E-state index contributed by atoms with van der Waals surface area (Å²) in [7, 11) is 1.47. The molecule has 0 aromatic rings. The number of allylic oxidation sites excluding steroid dienone is 2. The highest BCUT2D eigenvalue weighted by molar-refractivity contribution is 7.47. The average Bonchev–Trinajstić information content (AvgIpc) is 2.95. The molecule has 0 aliphatic rings. The molecule has 0 heterocycles. The zero-order valence-electron chi connectivity index (χ0n) is 28.9. The number of nitrogens with zero attached hydrogens (tertiary/aromatic N) is 1. The number of carbonyl (C=O) groups is 2. The first kappa shape index (κ1) is 42.8. The molecule has 0 fully saturated rings. The van der Waals surface area contributed by atoms with E-state index in [4.69, 9.17) is 18.5 Å². The molecule has 260 valence electrons. The number of ether oxygens (including phenoxy) is 2. The fraction of sp³-hybridized carbons (Fsp3) is 0.882. The summed E-state index contributed by atoms with van der Waals surface area (Å²) in [6.45, 7) is 4.32. The second kappa shape index (κ2) is 28.0. The van der Waals surface area contributed by atoms with Gasteiger partial charge in [-0.25, -0.2) is 4.57 Å². The van der Waals surface area contributed by atoms with Crippen LogP contribution in [0.3, 0.4) is 0 Å². The average molecular weight is 649 g/mol. The Bertz CT molecular complexity index is 784. The van der Waals surface area contributed by atoms with Crippen molar-refractivity contribution in [2.45, 2.75) is 148 Å². The molecule has 0 saturated heterocycles. The third-order valence-corrected chi connectivity index (χ3v) is 8.28. The van der Waals surface area contributed by atoms with Crippen molar-refractivity contribution in [1.29, 1.82) is 0 Å². The van der Waals surface area contributed by atoms with Crippen LogP contribution in [0.25, 0.3) is 0 Å². The molecule has 0 aliphatic heterocycles. The summed E-state index contributed by atoms with van der Waals surface area (Å²) in [6.07, 6.45) is 24.2. The molecule has 1 unspecified atom stereocenters. The number of carbonyl (C=O) groups excluding carboxylic acids is 2. The highest BCUT2D eigenvalue weighted by Crippen LogP contribution is 2.43. The van der Waals surface area contributed by atoms with Gasteiger partial charge in [0, 0.05) is 12.8 Å². The molecule has 0 amide bonds. The maximum atomic E-state index is 12.5. The van der Waals surface area contributed by atoms with Gasteiger partial charge in [-0.3, -0.25) is 18.6 Å². The minimum Gasteiger partial charge on any atom is -0.462 e. The number of phosphoric acid groups is 1. The summed E-state index contributed by atoms with van der Waals surface area (Å²) < 4.78 is 33.9. The lowest BCUT2D eigenvalue weighted by Gasteiger charge is -2.24. The molecular formula is C34H67NO8P+. The van der Waals surface area contributed by atoms with Crippen LogP contribution in [0.15, 0.2) is 12.2 Å². The van der Waals surface area contributed by atoms with Gasteiger partial charge in [0.1, 0.15) is 19.8 Å². The first-order chi connectivity index (χ1) is 21.0. The molecule has 0 radical (unpaired) electrons. The Morgan fingerprint density at radius 2 is 1.16 bits per heavy atom. The fourth-order valence-corrected chi connectivity index (χ4v) is 5.22. The number of rotatable bonds is 31. The molecule has 44 heavy (non-hydrogen) atoms. The van der Waals surface area contributed by atoms with Gasteiger partial charge in [-0.2, -0.15) is 0 Å². The van der Waals surface area contributed by atoms with Gasteiger partial charge in [-0.15, -0.1) is 0 Å². The molecule has 0 aromatic heterocycles. The van der Waals surface area contributed by atoms with Crippen LogP contribution >= 0.6 is 7.82 Å². The first-order valence-electron chi connectivity index (χ1n) is 17.4. The van der Waals surface area contributed by atoms with E-state index in [0.29, 0.717) is 17.4 Å². The summed E-state index contributed by atoms with van der Waals surface area (Å²) in [6, 6.07) is 0. The predicted octanol–water partition coefficient (Wildman–Crippen LogP) is 8.68. The van der Waals surface area contributed by atoms with Crippen LogP contribution in [0.5, 0.6) is 0 Å². The molecule has 1 N–H and O–H groups in total. The van der Waals surface area contributed by atoms with E-state index in [9.17, 15) is 19.0 Å². The highest BCUT2D eigenvalue weighted by atomic mass is 31.2. The summed E-state index contributed by atoms with van der Waals surface area (Å²) in [5.74, 6) is -0.816. The van der Waals surface area contributed by atoms with Crippen molar-refractivity contribution in [2.24, 2.45) is 0 Å². The molecule has 0 spiro atoms. The van der Waals surface area contributed by atoms with Crippen LogP contribution in [0.2, 0.25) is 0 Å². The van der Waals surface area contributed by atoms with Gasteiger partial charge in [0.15, 0.2) is 6.10 Å². The van der Waals surface area contributed by atoms with E-state index < -0.39 is 26.5 Å². The minimum atomic E-state index is -4.35. The quantitative estimate of drug-likeness (QED) is 0.0262. The maximum Gasteiger partial charge on any atom is 0.472 e. The van der Waals surface area contributed by atoms with Gasteiger partial charge >= 0.3 is 19.8 Å². The molecule has 0 rings (SSSR count). The number of phosphoric ester groups is 1. The Balaban J connectivity index is 4.48. The summed E-state index contributed by atoms with van der Waals surface area (Å²) in [5, 5.41) is 0. The van der Waals surface area contributed by atoms with Crippen molar-refractivity contribution in [1.82, 2.24) is 0 Å². The van der Waals surface area contributed by atoms with E-state index in [2.05, 4.69) is 26.0 Å². The van der Waals surface area contributed by atoms with Crippen LogP contribution < -0.4 is 0 Å². The van der Waals surface area contributed by atoms with Crippen LogP contribution in [-0.4, -0.2) is 74.9 Å². The second-order valence-corrected chi connectivity index (χ2v) is 14.4. The van der Waals surface area contributed by atoms with Crippen LogP contribution in [0.4, 0.5) is 0 Å². The van der Waals surface area contributed by atoms with E-state index in [0.717, 1.165) is 51.4 Å². The third-order valence-electron chi connectivity index (χ3n) is 7.30. The van der Waals surface area contributed by atoms with E-state index in [-0.39, 0.29) is 32.0 Å². The molecule has 0 aliphatic carbocycles. The lowest BCUT2D eigenvalue weighted by Crippen LogP contribution is -2.37. The van der Waals surface area contributed by atoms with Crippen molar-refractivity contribution in [3.8, 4) is 0 Å². The largest absolute Gasteiger partial charge is 0.472 e. The maximum absolute atomic E-state index is 12.5. The van der Waals surface area contributed by atoms with E-state index in [1.807, 2.05) is 21.1 Å². The number of likely N-dealkylation sites (N-methyl/N-ethyl adjacent to an activating group) is 1. The molecule has 0 aromatic carbocycles. The van der Waals surface area contributed by atoms with Crippen molar-refractivity contribution < 1.29 is 42.1 Å². The topological polar surface area (TPSA) is 108 Å². The SMILES string of the molecule is CCCCCC/C=C/CCCCCCCC(=O)O[C@H](COC(=O)CCCCCCCCC)COP(=O)(O)OCC[N+](C)(C)C. The normalized spacial score (nSPS) is 14.0. The standard InChI is InChI=1S/C34H66NO8P/c1-6-8-10-12-14-15-16-17-18-19-21-23-25-27-34(37)43-32(31-42-44(38,39)41-29-28-35(3,4)5)30-40-33(36)26-24-22-20-13-11-9-7-2/h15-16,32H,6-14,17-31H2,1-5H3/p+1/b16-15+/t32-/m1/s1. The Labute approximate surface area is 269 Å². The zero-order valence-corrected chi connectivity index (χ0v) is 29.8. The Hall–Kier alpha value is -1.25. The van der Waals surface area contributed by atoms with Crippen molar-refractivity contribution >= 4 is 19.8 Å². The lowest BCUT2D eigenvalue weighted by molar-refractivity contribution is -0.870. The van der Waals surface area contributed by atoms with Crippen LogP contribution in [-0.2, 0) is 32.7 Å². The monoisotopic (exact) mass is 648 g/mol. The van der Waals surface area contributed by atoms with E-state index >= 15 is 0 Å². The van der Waals surface area contributed by atoms with Crippen LogP contribution in [0, 0.1) is 0 Å². The van der Waals surface area contributed by atoms with Gasteiger partial charge in [-0.1, -0.05) is 103 Å². The zero-order chi connectivity index (χ0) is 32.9. The smallest absolute Gasteiger partial charge is 0.462 e. The van der Waals surface area contributed by atoms with Crippen LogP contribution in [0.1, 0.15) is 142 Å². The van der Waals surface area contributed by atoms with E-state index in [1.54, 1.807) is 0 Å². The Morgan fingerprint density at radius 1 is 0.682 bits per heavy atom. The molecule has 2 atom stereocenters. The molecule has 10 heteroatoms. The van der Waals surface area contributed by atoms with Crippen molar-refractivity contribution in [3.05, 3.63) is 12.2 Å². The third kappa shape index (κ3) is 30.8. The highest BCUT2D eigenvalue weighted by Gasteiger charge is 2.27. The summed E-state index contributed by atoms with van der Waals surface area (Å²) in [5.41, 5.74) is 0. The van der Waals surface area contributed by atoms with Gasteiger partial charge < -0.3 is 18.9 Å². The van der Waals surface area contributed by atoms with Crippen molar-refractivity contribution in [2.75, 3.05) is 47.5 Å². The minimum absolute atomic E-state index is 0.0322. The number of esters is 2. The fourth-order valence-electron chi connectivity index (χ4n) is 4.48. The number of unbranched alkanes of at least 4 members (excludes halogenated alkanes) is 15. The Morgan fingerprint density at radius 3 is 1.70 bits per heavy atom. The first-order valence-corrected chi connectivity index (χ1v) is 18.9. The molecule has 0 saturated carbocycles. The number of hydrogen-bond donors (Lipinski definition) is 1.